The highest BCUT2D eigenvalue weighted by molar-refractivity contribution is 7.99. The molecule has 1 N–H and O–H groups in total. The van der Waals surface area contributed by atoms with E-state index in [0.29, 0.717) is 0 Å². The van der Waals surface area contributed by atoms with E-state index >= 15 is 0 Å². The molecule has 0 aliphatic carbocycles. The standard InChI is InChI=1S/C13H15ClN2S2/c14-10-1-2-11-12(7-10)16(13(17)15-11)8-9-3-5-18-6-4-9/h1-2,7,9H,3-6,8H2,(H,15,17). The van der Waals surface area contributed by atoms with Gasteiger partial charge in [0.05, 0.1) is 11.0 Å². The zero-order chi connectivity index (χ0) is 12.5. The van der Waals surface area contributed by atoms with E-state index in [1.807, 2.05) is 18.2 Å². The van der Waals surface area contributed by atoms with Gasteiger partial charge in [0.2, 0.25) is 0 Å². The summed E-state index contributed by atoms with van der Waals surface area (Å²) in [7, 11) is 0. The van der Waals surface area contributed by atoms with Gasteiger partial charge < -0.3 is 9.55 Å². The van der Waals surface area contributed by atoms with Gasteiger partial charge >= 0.3 is 0 Å². The van der Waals surface area contributed by atoms with Crippen molar-refractivity contribution in [3.8, 4) is 0 Å². The van der Waals surface area contributed by atoms with Gasteiger partial charge in [-0.15, -0.1) is 0 Å². The first-order valence-corrected chi connectivity index (χ1v) is 8.14. The number of nitrogens with one attached hydrogen (secondary N) is 1. The summed E-state index contributed by atoms with van der Waals surface area (Å²) in [5, 5.41) is 0.768. The molecule has 0 radical (unpaired) electrons. The molecule has 0 amide bonds. The average molecular weight is 299 g/mol. The van der Waals surface area contributed by atoms with Gasteiger partial charge in [-0.3, -0.25) is 0 Å². The van der Waals surface area contributed by atoms with Crippen LogP contribution in [0, 0.1) is 10.7 Å². The fourth-order valence-electron chi connectivity index (χ4n) is 2.49. The van der Waals surface area contributed by atoms with Gasteiger partial charge in [-0.05, 0) is 60.7 Å². The largest absolute Gasteiger partial charge is 0.331 e. The number of benzene rings is 1. The number of thioether (sulfide) groups is 1. The second-order valence-corrected chi connectivity index (χ2v) is 6.81. The molecule has 2 heterocycles. The molecule has 1 aromatic carbocycles. The highest BCUT2D eigenvalue weighted by Crippen LogP contribution is 2.26. The first-order chi connectivity index (χ1) is 8.74. The number of aromatic nitrogens is 2. The van der Waals surface area contributed by atoms with Crippen LogP contribution in [0.4, 0.5) is 0 Å². The van der Waals surface area contributed by atoms with Gasteiger partial charge in [-0.2, -0.15) is 11.8 Å². The number of hydrogen-bond donors (Lipinski definition) is 1. The molecule has 18 heavy (non-hydrogen) atoms. The Morgan fingerprint density at radius 2 is 2.17 bits per heavy atom. The lowest BCUT2D eigenvalue weighted by Crippen LogP contribution is -2.16. The molecule has 0 bridgehead atoms. The third-order valence-corrected chi connectivity index (χ3v) is 5.13. The number of nitrogens with zero attached hydrogens (tertiary/aromatic N) is 1. The molecule has 0 spiro atoms. The van der Waals surface area contributed by atoms with Gasteiger partial charge in [0.1, 0.15) is 0 Å². The Labute approximate surface area is 121 Å². The van der Waals surface area contributed by atoms with Crippen molar-refractivity contribution in [2.45, 2.75) is 19.4 Å². The summed E-state index contributed by atoms with van der Waals surface area (Å²) in [5.74, 6) is 3.30. The van der Waals surface area contributed by atoms with E-state index in [2.05, 4.69) is 21.3 Å². The van der Waals surface area contributed by atoms with E-state index < -0.39 is 0 Å². The van der Waals surface area contributed by atoms with Crippen molar-refractivity contribution in [1.82, 2.24) is 9.55 Å². The predicted molar refractivity (Wildman–Crippen MR) is 82.2 cm³/mol. The zero-order valence-electron chi connectivity index (χ0n) is 9.99. The topological polar surface area (TPSA) is 20.7 Å². The van der Waals surface area contributed by atoms with E-state index in [1.54, 1.807) is 0 Å². The Kier molecular flexibility index (Phi) is 3.68. The number of hydrogen-bond acceptors (Lipinski definition) is 2. The molecule has 96 valence electrons. The molecule has 1 fully saturated rings. The van der Waals surface area contributed by atoms with Crippen molar-refractivity contribution in [3.63, 3.8) is 0 Å². The lowest BCUT2D eigenvalue weighted by Gasteiger charge is -2.21. The van der Waals surface area contributed by atoms with Gasteiger partial charge in [0.25, 0.3) is 0 Å². The zero-order valence-corrected chi connectivity index (χ0v) is 12.4. The number of halogens is 1. The molecular formula is C13H15ClN2S2. The molecule has 1 aliphatic rings. The molecule has 2 nitrogen and oxygen atoms in total. The van der Waals surface area contributed by atoms with Crippen LogP contribution >= 0.6 is 35.6 Å². The lowest BCUT2D eigenvalue weighted by molar-refractivity contribution is 0.420. The minimum Gasteiger partial charge on any atom is -0.331 e. The van der Waals surface area contributed by atoms with E-state index in [1.165, 1.54) is 24.3 Å². The van der Waals surface area contributed by atoms with Gasteiger partial charge in [-0.25, -0.2) is 0 Å². The van der Waals surface area contributed by atoms with Crippen LogP contribution in [-0.4, -0.2) is 21.1 Å². The van der Waals surface area contributed by atoms with E-state index in [-0.39, 0.29) is 0 Å². The number of rotatable bonds is 2. The summed E-state index contributed by atoms with van der Waals surface area (Å²) in [4.78, 5) is 3.26. The fourth-order valence-corrected chi connectivity index (χ4v) is 4.15. The van der Waals surface area contributed by atoms with Crippen LogP contribution in [0.3, 0.4) is 0 Å². The van der Waals surface area contributed by atoms with Crippen molar-refractivity contribution in [2.75, 3.05) is 11.5 Å². The summed E-state index contributed by atoms with van der Waals surface area (Å²) < 4.78 is 3.02. The molecule has 3 rings (SSSR count). The molecule has 1 aromatic heterocycles. The molecule has 0 saturated carbocycles. The van der Waals surface area contributed by atoms with Crippen LogP contribution in [-0.2, 0) is 6.54 Å². The van der Waals surface area contributed by atoms with E-state index in [0.717, 1.165) is 33.3 Å². The Hall–Kier alpha value is -0.450. The summed E-state index contributed by atoms with van der Waals surface area (Å²) in [6.45, 7) is 1.01. The maximum atomic E-state index is 6.08. The van der Waals surface area contributed by atoms with Crippen LogP contribution in [0.2, 0.25) is 5.02 Å². The van der Waals surface area contributed by atoms with Crippen molar-refractivity contribution < 1.29 is 0 Å². The van der Waals surface area contributed by atoms with Crippen LogP contribution in [0.5, 0.6) is 0 Å². The second-order valence-electron chi connectivity index (χ2n) is 4.76. The normalized spacial score (nSPS) is 17.4. The number of imidazole rings is 1. The van der Waals surface area contributed by atoms with Crippen LogP contribution in [0.15, 0.2) is 18.2 Å². The van der Waals surface area contributed by atoms with E-state index in [4.69, 9.17) is 23.8 Å². The maximum Gasteiger partial charge on any atom is 0.178 e. The molecule has 2 aromatic rings. The minimum atomic E-state index is 0.746. The van der Waals surface area contributed by atoms with Crippen molar-refractivity contribution in [2.24, 2.45) is 5.92 Å². The average Bonchev–Trinajstić information content (AvgIpc) is 2.67. The van der Waals surface area contributed by atoms with Gasteiger partial charge in [-0.1, -0.05) is 11.6 Å². The first-order valence-electron chi connectivity index (χ1n) is 6.20. The smallest absolute Gasteiger partial charge is 0.178 e. The van der Waals surface area contributed by atoms with Crippen molar-refractivity contribution >= 4 is 46.6 Å². The molecule has 1 saturated heterocycles. The van der Waals surface area contributed by atoms with Crippen LogP contribution in [0.25, 0.3) is 11.0 Å². The van der Waals surface area contributed by atoms with Crippen LogP contribution in [0.1, 0.15) is 12.8 Å². The molecule has 0 unspecified atom stereocenters. The Morgan fingerprint density at radius 1 is 1.39 bits per heavy atom. The molecule has 0 atom stereocenters. The monoisotopic (exact) mass is 298 g/mol. The predicted octanol–water partition coefficient (Wildman–Crippen LogP) is 4.50. The van der Waals surface area contributed by atoms with Crippen molar-refractivity contribution in [1.29, 1.82) is 0 Å². The maximum absolute atomic E-state index is 6.08. The Morgan fingerprint density at radius 3 is 2.94 bits per heavy atom. The van der Waals surface area contributed by atoms with Gasteiger partial charge in [0.15, 0.2) is 4.77 Å². The van der Waals surface area contributed by atoms with E-state index in [9.17, 15) is 0 Å². The summed E-state index contributed by atoms with van der Waals surface area (Å²) in [6.07, 6.45) is 2.58. The second kappa shape index (κ2) is 5.27. The number of fused-ring (bicyclic) bond motifs is 1. The van der Waals surface area contributed by atoms with Gasteiger partial charge in [0, 0.05) is 11.6 Å². The molecule has 5 heteroatoms. The molecule has 1 aliphatic heterocycles. The Bertz CT molecular complexity index is 611. The first kappa shape index (κ1) is 12.6. The summed E-state index contributed by atoms with van der Waals surface area (Å²) in [5.41, 5.74) is 2.21. The third-order valence-electron chi connectivity index (χ3n) is 3.52. The Balaban J connectivity index is 1.97. The summed E-state index contributed by atoms with van der Waals surface area (Å²) >= 11 is 13.6. The lowest BCUT2D eigenvalue weighted by atomic mass is 10.0. The molecular weight excluding hydrogens is 284 g/mol. The summed E-state index contributed by atoms with van der Waals surface area (Å²) in [6, 6.07) is 5.90. The van der Waals surface area contributed by atoms with Crippen molar-refractivity contribution in [3.05, 3.63) is 28.0 Å². The van der Waals surface area contributed by atoms with Crippen LogP contribution < -0.4 is 0 Å². The quantitative estimate of drug-likeness (QED) is 0.824. The SMILES string of the molecule is S=c1[nH]c2ccc(Cl)cc2n1CC1CCSCC1. The third kappa shape index (κ3) is 2.46. The minimum absolute atomic E-state index is 0.746. The number of H-pyrrole nitrogens is 1. The number of aromatic amines is 1. The fraction of sp³-hybridized carbons (Fsp3) is 0.462. The highest BCUT2D eigenvalue weighted by atomic mass is 35.5. The highest BCUT2D eigenvalue weighted by Gasteiger charge is 2.16.